The maximum Gasteiger partial charge on any atom is 0.172 e. The number of hydrogen-bond donors (Lipinski definition) is 2. The highest BCUT2D eigenvalue weighted by Gasteiger charge is 2.12. The topological polar surface area (TPSA) is 55.4 Å². The van der Waals surface area contributed by atoms with Gasteiger partial charge in [0.25, 0.3) is 0 Å². The molecule has 0 aliphatic carbocycles. The highest BCUT2D eigenvalue weighted by atomic mass is 32.1. The van der Waals surface area contributed by atoms with Gasteiger partial charge in [-0.05, 0) is 75.3 Å². The second kappa shape index (κ2) is 9.22. The standard InChI is InChI=1S/C19H25N3O2S/c1-5-23-16-8-7-15(12-17(16)24-6-2)14(4)21-19(25)22-18-11-13(3)9-10-20-18/h7-12,14H,5-6H2,1-4H3,(H2,20,21,22,25)/t14-/m0/s1. The van der Waals surface area contributed by atoms with Crippen molar-refractivity contribution in [1.82, 2.24) is 10.3 Å². The van der Waals surface area contributed by atoms with E-state index in [9.17, 15) is 0 Å². The molecule has 2 aromatic rings. The van der Waals surface area contributed by atoms with E-state index in [0.717, 1.165) is 28.4 Å². The molecule has 0 radical (unpaired) electrons. The summed E-state index contributed by atoms with van der Waals surface area (Å²) in [4.78, 5) is 4.25. The van der Waals surface area contributed by atoms with E-state index in [1.807, 2.05) is 58.0 Å². The van der Waals surface area contributed by atoms with Gasteiger partial charge in [-0.25, -0.2) is 4.98 Å². The Hall–Kier alpha value is -2.34. The smallest absolute Gasteiger partial charge is 0.172 e. The summed E-state index contributed by atoms with van der Waals surface area (Å²) >= 11 is 5.39. The molecule has 1 aromatic carbocycles. The van der Waals surface area contributed by atoms with Crippen LogP contribution in [0.4, 0.5) is 5.82 Å². The van der Waals surface area contributed by atoms with Crippen LogP contribution in [0.2, 0.25) is 0 Å². The van der Waals surface area contributed by atoms with Gasteiger partial charge >= 0.3 is 0 Å². The molecule has 1 atom stereocenters. The molecule has 2 N–H and O–H groups in total. The molecular formula is C19H25N3O2S. The molecule has 2 rings (SSSR count). The zero-order chi connectivity index (χ0) is 18.2. The molecule has 0 bridgehead atoms. The molecule has 25 heavy (non-hydrogen) atoms. The van der Waals surface area contributed by atoms with E-state index in [4.69, 9.17) is 21.7 Å². The first-order valence-corrected chi connectivity index (χ1v) is 8.84. The molecule has 0 fully saturated rings. The molecule has 1 aromatic heterocycles. The summed E-state index contributed by atoms with van der Waals surface area (Å²) in [6.07, 6.45) is 1.75. The average molecular weight is 359 g/mol. The number of rotatable bonds is 7. The third kappa shape index (κ3) is 5.60. The van der Waals surface area contributed by atoms with Crippen LogP contribution in [0, 0.1) is 6.92 Å². The first-order valence-electron chi connectivity index (χ1n) is 8.43. The van der Waals surface area contributed by atoms with Crippen LogP contribution in [0.15, 0.2) is 36.5 Å². The number of anilines is 1. The molecule has 0 amide bonds. The minimum Gasteiger partial charge on any atom is -0.490 e. The van der Waals surface area contributed by atoms with Gasteiger partial charge in [0.1, 0.15) is 5.82 Å². The Bertz CT molecular complexity index is 722. The quantitative estimate of drug-likeness (QED) is 0.722. The lowest BCUT2D eigenvalue weighted by Gasteiger charge is -2.19. The number of pyridine rings is 1. The fraction of sp³-hybridized carbons (Fsp3) is 0.368. The van der Waals surface area contributed by atoms with Crippen molar-refractivity contribution in [1.29, 1.82) is 0 Å². The lowest BCUT2D eigenvalue weighted by Crippen LogP contribution is -2.31. The molecule has 0 spiro atoms. The van der Waals surface area contributed by atoms with Crippen LogP contribution in [0.1, 0.15) is 37.9 Å². The van der Waals surface area contributed by atoms with E-state index in [1.54, 1.807) is 6.20 Å². The van der Waals surface area contributed by atoms with Gasteiger partial charge in [-0.3, -0.25) is 0 Å². The minimum absolute atomic E-state index is 0.0136. The van der Waals surface area contributed by atoms with Crippen molar-refractivity contribution in [3.63, 3.8) is 0 Å². The lowest BCUT2D eigenvalue weighted by molar-refractivity contribution is 0.287. The SMILES string of the molecule is CCOc1ccc([C@H](C)NC(=S)Nc2cc(C)ccn2)cc1OCC. The van der Waals surface area contributed by atoms with Gasteiger partial charge in [-0.15, -0.1) is 0 Å². The van der Waals surface area contributed by atoms with Crippen LogP contribution in [0.5, 0.6) is 11.5 Å². The van der Waals surface area contributed by atoms with Crippen molar-refractivity contribution >= 4 is 23.1 Å². The Morgan fingerprint density at radius 1 is 1.12 bits per heavy atom. The molecule has 0 aliphatic heterocycles. The van der Waals surface area contributed by atoms with Crippen molar-refractivity contribution in [2.45, 2.75) is 33.7 Å². The zero-order valence-corrected chi connectivity index (χ0v) is 15.9. The van der Waals surface area contributed by atoms with E-state index in [2.05, 4.69) is 15.6 Å². The second-order valence-electron chi connectivity index (χ2n) is 5.61. The maximum absolute atomic E-state index is 5.68. The van der Waals surface area contributed by atoms with E-state index in [-0.39, 0.29) is 6.04 Å². The van der Waals surface area contributed by atoms with E-state index < -0.39 is 0 Å². The number of hydrogen-bond acceptors (Lipinski definition) is 4. The Morgan fingerprint density at radius 2 is 1.84 bits per heavy atom. The number of aryl methyl sites for hydroxylation is 1. The normalized spacial score (nSPS) is 11.5. The minimum atomic E-state index is 0.0136. The van der Waals surface area contributed by atoms with E-state index in [0.29, 0.717) is 18.3 Å². The number of nitrogens with zero attached hydrogens (tertiary/aromatic N) is 1. The summed E-state index contributed by atoms with van der Waals surface area (Å²) in [5, 5.41) is 6.90. The van der Waals surface area contributed by atoms with Gasteiger partial charge in [-0.2, -0.15) is 0 Å². The van der Waals surface area contributed by atoms with Crippen LogP contribution in [0.25, 0.3) is 0 Å². The number of nitrogens with one attached hydrogen (secondary N) is 2. The maximum atomic E-state index is 5.68. The second-order valence-corrected chi connectivity index (χ2v) is 6.02. The molecule has 5 nitrogen and oxygen atoms in total. The molecule has 0 saturated carbocycles. The summed E-state index contributed by atoms with van der Waals surface area (Å²) in [7, 11) is 0. The Balaban J connectivity index is 2.05. The molecule has 1 heterocycles. The molecule has 134 valence electrons. The molecular weight excluding hydrogens is 334 g/mol. The van der Waals surface area contributed by atoms with Crippen LogP contribution in [-0.2, 0) is 0 Å². The summed E-state index contributed by atoms with van der Waals surface area (Å²) in [6, 6.07) is 9.83. The lowest BCUT2D eigenvalue weighted by atomic mass is 10.1. The first-order chi connectivity index (χ1) is 12.0. The van der Waals surface area contributed by atoms with Crippen molar-refractivity contribution in [2.75, 3.05) is 18.5 Å². The number of aromatic nitrogens is 1. The van der Waals surface area contributed by atoms with E-state index >= 15 is 0 Å². The Morgan fingerprint density at radius 3 is 2.52 bits per heavy atom. The molecule has 0 saturated heterocycles. The van der Waals surface area contributed by atoms with Gasteiger partial charge in [0, 0.05) is 6.20 Å². The van der Waals surface area contributed by atoms with E-state index in [1.165, 1.54) is 0 Å². The number of benzene rings is 1. The van der Waals surface area contributed by atoms with Crippen molar-refractivity contribution < 1.29 is 9.47 Å². The highest BCUT2D eigenvalue weighted by Crippen LogP contribution is 2.30. The summed E-state index contributed by atoms with van der Waals surface area (Å²) in [6.45, 7) is 9.16. The van der Waals surface area contributed by atoms with Gasteiger partial charge < -0.3 is 20.1 Å². The van der Waals surface area contributed by atoms with Gasteiger partial charge in [-0.1, -0.05) is 6.07 Å². The first kappa shape index (κ1) is 19.0. The fourth-order valence-corrected chi connectivity index (χ4v) is 2.66. The monoisotopic (exact) mass is 359 g/mol. The predicted octanol–water partition coefficient (Wildman–Crippen LogP) is 4.24. The zero-order valence-electron chi connectivity index (χ0n) is 15.1. The highest BCUT2D eigenvalue weighted by molar-refractivity contribution is 7.80. The van der Waals surface area contributed by atoms with Gasteiger partial charge in [0.15, 0.2) is 16.6 Å². The molecule has 0 aliphatic rings. The predicted molar refractivity (Wildman–Crippen MR) is 106 cm³/mol. The molecule has 0 unspecified atom stereocenters. The van der Waals surface area contributed by atoms with Crippen LogP contribution < -0.4 is 20.1 Å². The summed E-state index contributed by atoms with van der Waals surface area (Å²) in [5.41, 5.74) is 2.19. The Labute approximate surface area is 154 Å². The summed E-state index contributed by atoms with van der Waals surface area (Å²) in [5.74, 6) is 2.23. The van der Waals surface area contributed by atoms with Crippen LogP contribution in [0.3, 0.4) is 0 Å². The largest absolute Gasteiger partial charge is 0.490 e. The number of ether oxygens (including phenoxy) is 2. The third-order valence-electron chi connectivity index (χ3n) is 3.57. The van der Waals surface area contributed by atoms with Gasteiger partial charge in [0.05, 0.1) is 19.3 Å². The van der Waals surface area contributed by atoms with Crippen LogP contribution in [-0.4, -0.2) is 23.3 Å². The van der Waals surface area contributed by atoms with Crippen LogP contribution >= 0.6 is 12.2 Å². The van der Waals surface area contributed by atoms with Crippen molar-refractivity contribution in [2.24, 2.45) is 0 Å². The molecule has 6 heteroatoms. The summed E-state index contributed by atoms with van der Waals surface area (Å²) < 4.78 is 11.3. The third-order valence-corrected chi connectivity index (χ3v) is 3.79. The fourth-order valence-electron chi connectivity index (χ4n) is 2.37. The Kier molecular flexibility index (Phi) is 7.01. The van der Waals surface area contributed by atoms with Crippen molar-refractivity contribution in [3.05, 3.63) is 47.7 Å². The van der Waals surface area contributed by atoms with Crippen molar-refractivity contribution in [3.8, 4) is 11.5 Å². The number of thiocarbonyl (C=S) groups is 1. The average Bonchev–Trinajstić information content (AvgIpc) is 2.56. The van der Waals surface area contributed by atoms with Gasteiger partial charge in [0.2, 0.25) is 0 Å².